The summed E-state index contributed by atoms with van der Waals surface area (Å²) in [6.45, 7) is 3.81. The zero-order chi connectivity index (χ0) is 22.8. The Morgan fingerprint density at radius 2 is 1.56 bits per heavy atom. The first-order valence-electron chi connectivity index (χ1n) is 10.2. The standard InChI is InChI=1S/C26H24N2O4/c1-16-10-11-17(2)21(14-16)28-25(29)23(18-8-6-5-7-9-18)24(26(28)30)27-20-15-19(31-3)12-13-22(20)32-4/h5-15,27H,1-4H3. The molecule has 0 atom stereocenters. The van der Waals surface area contributed by atoms with E-state index in [1.807, 2.05) is 62.4 Å². The lowest BCUT2D eigenvalue weighted by molar-refractivity contribution is -0.120. The van der Waals surface area contributed by atoms with Gasteiger partial charge in [-0.1, -0.05) is 42.5 Å². The molecule has 0 fully saturated rings. The highest BCUT2D eigenvalue weighted by Crippen LogP contribution is 2.37. The number of imide groups is 1. The first-order chi connectivity index (χ1) is 15.4. The van der Waals surface area contributed by atoms with E-state index >= 15 is 0 Å². The van der Waals surface area contributed by atoms with Crippen molar-refractivity contribution >= 4 is 28.8 Å². The van der Waals surface area contributed by atoms with Crippen LogP contribution >= 0.6 is 0 Å². The third kappa shape index (κ3) is 3.71. The largest absolute Gasteiger partial charge is 0.497 e. The summed E-state index contributed by atoms with van der Waals surface area (Å²) in [5, 5.41) is 3.16. The summed E-state index contributed by atoms with van der Waals surface area (Å²) < 4.78 is 10.8. The van der Waals surface area contributed by atoms with Crippen molar-refractivity contribution in [2.75, 3.05) is 24.4 Å². The average Bonchev–Trinajstić information content (AvgIpc) is 3.05. The van der Waals surface area contributed by atoms with Gasteiger partial charge in [0.25, 0.3) is 11.8 Å². The van der Waals surface area contributed by atoms with E-state index in [0.717, 1.165) is 11.1 Å². The normalized spacial score (nSPS) is 13.6. The third-order valence-electron chi connectivity index (χ3n) is 5.42. The van der Waals surface area contributed by atoms with Crippen molar-refractivity contribution in [3.8, 4) is 11.5 Å². The SMILES string of the molecule is COc1ccc(OC)c(NC2=C(c3ccccc3)C(=O)N(c3cc(C)ccc3C)C2=O)c1. The summed E-state index contributed by atoms with van der Waals surface area (Å²) in [6, 6.07) is 20.1. The maximum atomic E-state index is 13.6. The van der Waals surface area contributed by atoms with Crippen LogP contribution in [0.1, 0.15) is 16.7 Å². The second-order valence-electron chi connectivity index (χ2n) is 7.54. The van der Waals surface area contributed by atoms with Crippen molar-refractivity contribution in [3.63, 3.8) is 0 Å². The molecule has 0 saturated carbocycles. The van der Waals surface area contributed by atoms with Crippen LogP contribution in [0.2, 0.25) is 0 Å². The topological polar surface area (TPSA) is 67.9 Å². The van der Waals surface area contributed by atoms with Crippen LogP contribution in [0, 0.1) is 13.8 Å². The second-order valence-corrected chi connectivity index (χ2v) is 7.54. The van der Waals surface area contributed by atoms with Gasteiger partial charge in [0, 0.05) is 6.07 Å². The molecule has 0 radical (unpaired) electrons. The maximum Gasteiger partial charge on any atom is 0.282 e. The number of aryl methyl sites for hydroxylation is 2. The quantitative estimate of drug-likeness (QED) is 0.576. The lowest BCUT2D eigenvalue weighted by Crippen LogP contribution is -2.33. The van der Waals surface area contributed by atoms with E-state index in [9.17, 15) is 9.59 Å². The Labute approximate surface area is 187 Å². The molecule has 0 aromatic heterocycles. The Morgan fingerprint density at radius 3 is 2.25 bits per heavy atom. The molecule has 6 heteroatoms. The number of hydrogen-bond acceptors (Lipinski definition) is 5. The molecular weight excluding hydrogens is 404 g/mol. The molecule has 1 aliphatic rings. The van der Waals surface area contributed by atoms with Crippen LogP contribution in [0.25, 0.3) is 5.57 Å². The lowest BCUT2D eigenvalue weighted by atomic mass is 10.0. The fourth-order valence-electron chi connectivity index (χ4n) is 3.74. The third-order valence-corrected chi connectivity index (χ3v) is 5.42. The van der Waals surface area contributed by atoms with E-state index < -0.39 is 5.91 Å². The molecule has 0 aliphatic carbocycles. The molecule has 162 valence electrons. The smallest absolute Gasteiger partial charge is 0.282 e. The van der Waals surface area contributed by atoms with E-state index in [-0.39, 0.29) is 11.6 Å². The highest BCUT2D eigenvalue weighted by atomic mass is 16.5. The number of rotatable bonds is 6. The number of benzene rings is 3. The molecule has 1 N–H and O–H groups in total. The molecule has 0 unspecified atom stereocenters. The number of nitrogens with zero attached hydrogens (tertiary/aromatic N) is 1. The Morgan fingerprint density at radius 1 is 0.812 bits per heavy atom. The molecule has 1 heterocycles. The first-order valence-corrected chi connectivity index (χ1v) is 10.2. The number of methoxy groups -OCH3 is 2. The number of anilines is 2. The summed E-state index contributed by atoms with van der Waals surface area (Å²) in [4.78, 5) is 28.5. The van der Waals surface area contributed by atoms with Gasteiger partial charge in [-0.2, -0.15) is 0 Å². The number of amides is 2. The van der Waals surface area contributed by atoms with Crippen molar-refractivity contribution in [1.82, 2.24) is 0 Å². The van der Waals surface area contributed by atoms with E-state index in [1.54, 1.807) is 32.4 Å². The molecule has 0 saturated heterocycles. The predicted octanol–water partition coefficient (Wildman–Crippen LogP) is 4.72. The van der Waals surface area contributed by atoms with Crippen molar-refractivity contribution in [3.05, 3.63) is 89.1 Å². The molecule has 6 nitrogen and oxygen atoms in total. The highest BCUT2D eigenvalue weighted by molar-refractivity contribution is 6.46. The lowest BCUT2D eigenvalue weighted by Gasteiger charge is -2.19. The van der Waals surface area contributed by atoms with Crippen LogP contribution in [-0.2, 0) is 9.59 Å². The number of carbonyl (C=O) groups is 2. The minimum absolute atomic E-state index is 0.189. The van der Waals surface area contributed by atoms with Crippen LogP contribution in [0.3, 0.4) is 0 Å². The molecule has 0 bridgehead atoms. The fraction of sp³-hybridized carbons (Fsp3) is 0.154. The number of ether oxygens (including phenoxy) is 2. The van der Waals surface area contributed by atoms with E-state index in [0.29, 0.717) is 34.0 Å². The van der Waals surface area contributed by atoms with Crippen LogP contribution in [0.4, 0.5) is 11.4 Å². The van der Waals surface area contributed by atoms with Gasteiger partial charge in [-0.25, -0.2) is 4.90 Å². The first kappa shape index (κ1) is 21.2. The van der Waals surface area contributed by atoms with E-state index in [1.165, 1.54) is 4.90 Å². The zero-order valence-electron chi connectivity index (χ0n) is 18.4. The van der Waals surface area contributed by atoms with E-state index in [2.05, 4.69) is 5.32 Å². The summed E-state index contributed by atoms with van der Waals surface area (Å²) in [5.74, 6) is 0.321. The van der Waals surface area contributed by atoms with Gasteiger partial charge in [0.1, 0.15) is 17.2 Å². The highest BCUT2D eigenvalue weighted by Gasteiger charge is 2.41. The molecule has 0 spiro atoms. The van der Waals surface area contributed by atoms with Crippen LogP contribution in [-0.4, -0.2) is 26.0 Å². The predicted molar refractivity (Wildman–Crippen MR) is 125 cm³/mol. The number of nitrogens with one attached hydrogen (secondary N) is 1. The minimum atomic E-state index is -0.424. The van der Waals surface area contributed by atoms with Crippen LogP contribution in [0.5, 0.6) is 11.5 Å². The Kier molecular flexibility index (Phi) is 5.69. The van der Waals surface area contributed by atoms with Gasteiger partial charge in [-0.15, -0.1) is 0 Å². The van der Waals surface area contributed by atoms with Crippen molar-refractivity contribution in [1.29, 1.82) is 0 Å². The number of carbonyl (C=O) groups excluding carboxylic acids is 2. The molecule has 4 rings (SSSR count). The molecule has 32 heavy (non-hydrogen) atoms. The molecule has 3 aromatic rings. The molecular formula is C26H24N2O4. The van der Waals surface area contributed by atoms with Crippen molar-refractivity contribution in [2.45, 2.75) is 13.8 Å². The van der Waals surface area contributed by atoms with Gasteiger partial charge in [-0.3, -0.25) is 9.59 Å². The summed E-state index contributed by atoms with van der Waals surface area (Å²) >= 11 is 0. The Bertz CT molecular complexity index is 1230. The van der Waals surface area contributed by atoms with Gasteiger partial charge < -0.3 is 14.8 Å². The van der Waals surface area contributed by atoms with Gasteiger partial charge in [0.05, 0.1) is 31.2 Å². The average molecular weight is 428 g/mol. The second kappa shape index (κ2) is 8.59. The summed E-state index contributed by atoms with van der Waals surface area (Å²) in [7, 11) is 3.11. The molecule has 3 aromatic carbocycles. The minimum Gasteiger partial charge on any atom is -0.497 e. The monoisotopic (exact) mass is 428 g/mol. The van der Waals surface area contributed by atoms with Gasteiger partial charge in [0.2, 0.25) is 0 Å². The molecule has 1 aliphatic heterocycles. The van der Waals surface area contributed by atoms with Crippen LogP contribution in [0.15, 0.2) is 72.4 Å². The number of hydrogen-bond donors (Lipinski definition) is 1. The van der Waals surface area contributed by atoms with Gasteiger partial charge in [0.15, 0.2) is 0 Å². The van der Waals surface area contributed by atoms with E-state index in [4.69, 9.17) is 9.47 Å². The fourth-order valence-corrected chi connectivity index (χ4v) is 3.74. The maximum absolute atomic E-state index is 13.6. The summed E-state index contributed by atoms with van der Waals surface area (Å²) in [5.41, 5.74) is 4.05. The zero-order valence-corrected chi connectivity index (χ0v) is 18.4. The van der Waals surface area contributed by atoms with Crippen molar-refractivity contribution < 1.29 is 19.1 Å². The Hall–Kier alpha value is -4.06. The summed E-state index contributed by atoms with van der Waals surface area (Å²) in [6.07, 6.45) is 0. The van der Waals surface area contributed by atoms with Crippen molar-refractivity contribution in [2.24, 2.45) is 0 Å². The Balaban J connectivity index is 1.87. The molecule has 2 amide bonds. The van der Waals surface area contributed by atoms with Crippen LogP contribution < -0.4 is 19.7 Å². The van der Waals surface area contributed by atoms with Gasteiger partial charge in [-0.05, 0) is 48.7 Å². The van der Waals surface area contributed by atoms with Gasteiger partial charge >= 0.3 is 0 Å².